The van der Waals surface area contributed by atoms with Gasteiger partial charge in [-0.25, -0.2) is 5.26 Å². The summed E-state index contributed by atoms with van der Waals surface area (Å²) in [6.07, 6.45) is 0. The average molecular weight is 87.1 g/mol. The lowest BCUT2D eigenvalue weighted by atomic mass is 11.8. The minimum absolute atomic E-state index is 0. The quantitative estimate of drug-likeness (QED) is 0.303. The molecule has 0 aromatic carbocycles. The second kappa shape index (κ2) is 10.6. The van der Waals surface area contributed by atoms with E-state index >= 15 is 0 Å². The minimum atomic E-state index is 0. The Morgan fingerprint density at radius 1 is 1.75 bits per heavy atom. The molecule has 3 heteroatoms. The van der Waals surface area contributed by atoms with E-state index in [0.717, 1.165) is 0 Å². The number of nitrogens with zero attached hydrogens (tertiary/aromatic N) is 1. The average Bonchev–Trinajstić information content (AvgIpc) is 0.918. The topological polar surface area (TPSA) is 23.8 Å². The highest BCUT2D eigenvalue weighted by Gasteiger charge is 1.19. The van der Waals surface area contributed by atoms with Gasteiger partial charge in [-0.2, -0.15) is 0 Å². The van der Waals surface area contributed by atoms with E-state index in [1.807, 2.05) is 5.69 Å². The Kier molecular flexibility index (Phi) is 23.5. The molecule has 0 aliphatic heterocycles. The van der Waals surface area contributed by atoms with Crippen LogP contribution < -0.4 is 0 Å². The van der Waals surface area contributed by atoms with Crippen LogP contribution in [0.15, 0.2) is 0 Å². The first-order valence-electron chi connectivity index (χ1n) is 0.724. The summed E-state index contributed by atoms with van der Waals surface area (Å²) < 4.78 is 0. The molecule has 0 bridgehead atoms. The van der Waals surface area contributed by atoms with E-state index in [-0.39, 0.29) is 17.4 Å². The summed E-state index contributed by atoms with van der Waals surface area (Å²) >= 11 is 0. The van der Waals surface area contributed by atoms with E-state index in [1.165, 1.54) is 0 Å². The molecule has 1 nitrogen and oxygen atoms in total. The summed E-state index contributed by atoms with van der Waals surface area (Å²) in [6, 6.07) is 0. The summed E-state index contributed by atoms with van der Waals surface area (Å²) in [5.74, 6) is 0. The summed E-state index contributed by atoms with van der Waals surface area (Å²) in [6.45, 7) is 0. The predicted octanol–water partition coefficient (Wildman–Crippen LogP) is -2.35. The highest BCUT2D eigenvalue weighted by atomic mass is 28.1. The molecule has 0 aromatic rings. The van der Waals surface area contributed by atoms with Gasteiger partial charge in [0, 0.05) is 5.69 Å². The van der Waals surface area contributed by atoms with Gasteiger partial charge in [0.25, 0.3) is 0 Å². The van der Waals surface area contributed by atoms with Crippen molar-refractivity contribution in [3.8, 4) is 5.69 Å². The zero-order chi connectivity index (χ0) is 2.71. The van der Waals surface area contributed by atoms with Gasteiger partial charge in [0.15, 0.2) is 17.4 Å². The molecule has 0 fully saturated rings. The maximum Gasteiger partial charge on any atom is 0.187 e. The number of nitriles is 1. The fourth-order valence-corrected chi connectivity index (χ4v) is 0. The van der Waals surface area contributed by atoms with E-state index in [4.69, 9.17) is 5.26 Å². The first kappa shape index (κ1) is 8.87. The van der Waals surface area contributed by atoms with Gasteiger partial charge in [-0.15, -0.1) is 0 Å². The van der Waals surface area contributed by atoms with Crippen molar-refractivity contribution in [1.29, 1.82) is 5.26 Å². The SMILES string of the molecule is N#C[SiH3].[AlH3]. The van der Waals surface area contributed by atoms with Crippen LogP contribution in [0.4, 0.5) is 0 Å². The second-order valence-electron chi connectivity index (χ2n) is 0.224. The summed E-state index contributed by atoms with van der Waals surface area (Å²) in [4.78, 5) is 0. The fourth-order valence-electron chi connectivity index (χ4n) is 0. The van der Waals surface area contributed by atoms with Crippen LogP contribution in [0.5, 0.6) is 0 Å². The molecule has 0 heterocycles. The lowest BCUT2D eigenvalue weighted by molar-refractivity contribution is 1.57. The highest BCUT2D eigenvalue weighted by molar-refractivity contribution is 6.20. The monoisotopic (exact) mass is 87.0 g/mol. The molecule has 0 aliphatic carbocycles. The largest absolute Gasteiger partial charge is 0.208 e. The summed E-state index contributed by atoms with van der Waals surface area (Å²) in [7, 11) is 0.674. The summed E-state index contributed by atoms with van der Waals surface area (Å²) in [5, 5.41) is 7.38. The molecule has 0 aromatic heterocycles. The smallest absolute Gasteiger partial charge is 0.187 e. The molecule has 0 atom stereocenters. The maximum atomic E-state index is 7.38. The van der Waals surface area contributed by atoms with Crippen molar-refractivity contribution < 1.29 is 0 Å². The van der Waals surface area contributed by atoms with Gasteiger partial charge in [0.05, 0.1) is 0 Å². The first-order chi connectivity index (χ1) is 1.41. The Hall–Kier alpha value is 0.239. The van der Waals surface area contributed by atoms with Crippen LogP contribution in [0.3, 0.4) is 0 Å². The Bertz CT molecular complexity index is 29.5. The number of hydrogen-bond acceptors (Lipinski definition) is 1. The van der Waals surface area contributed by atoms with E-state index in [1.54, 1.807) is 0 Å². The molecular formula is CH6AlNSi. The van der Waals surface area contributed by atoms with Crippen LogP contribution in [0.25, 0.3) is 0 Å². The number of hydrogen-bond donors (Lipinski definition) is 0. The van der Waals surface area contributed by atoms with Crippen molar-refractivity contribution in [2.75, 3.05) is 0 Å². The Balaban J connectivity index is 0. The van der Waals surface area contributed by atoms with Crippen LogP contribution >= 0.6 is 0 Å². The van der Waals surface area contributed by atoms with Gasteiger partial charge in [0.1, 0.15) is 10.2 Å². The van der Waals surface area contributed by atoms with Crippen LogP contribution in [0.1, 0.15) is 0 Å². The highest BCUT2D eigenvalue weighted by Crippen LogP contribution is 1.04. The van der Waals surface area contributed by atoms with Crippen molar-refractivity contribution in [2.45, 2.75) is 0 Å². The molecule has 0 radical (unpaired) electrons. The van der Waals surface area contributed by atoms with Crippen molar-refractivity contribution >= 4 is 27.6 Å². The van der Waals surface area contributed by atoms with Gasteiger partial charge in [-0.3, -0.25) is 0 Å². The van der Waals surface area contributed by atoms with Gasteiger partial charge < -0.3 is 0 Å². The maximum absolute atomic E-state index is 7.38. The van der Waals surface area contributed by atoms with Gasteiger partial charge >= 0.3 is 0 Å². The molecule has 22 valence electrons. The Morgan fingerprint density at radius 3 is 1.75 bits per heavy atom. The normalized spacial score (nSPS) is 2.75. The number of rotatable bonds is 0. The van der Waals surface area contributed by atoms with Crippen molar-refractivity contribution in [1.82, 2.24) is 0 Å². The fraction of sp³-hybridized carbons (Fsp3) is 0. The molecule has 0 aliphatic rings. The molecule has 0 spiro atoms. The Morgan fingerprint density at radius 2 is 1.75 bits per heavy atom. The zero-order valence-corrected chi connectivity index (χ0v) is 3.95. The zero-order valence-electron chi connectivity index (χ0n) is 1.95. The van der Waals surface area contributed by atoms with Crippen LogP contribution in [-0.4, -0.2) is 27.6 Å². The van der Waals surface area contributed by atoms with E-state index in [9.17, 15) is 0 Å². The molecule has 0 rings (SSSR count). The predicted molar refractivity (Wildman–Crippen MR) is 25.5 cm³/mol. The third-order valence-corrected chi connectivity index (χ3v) is 0. The van der Waals surface area contributed by atoms with Crippen molar-refractivity contribution in [2.24, 2.45) is 0 Å². The van der Waals surface area contributed by atoms with Crippen LogP contribution in [0, 0.1) is 11.0 Å². The van der Waals surface area contributed by atoms with Crippen LogP contribution in [0.2, 0.25) is 0 Å². The Labute approximate surface area is 39.2 Å². The lowest BCUT2D eigenvalue weighted by Crippen LogP contribution is -1.32. The third-order valence-electron chi connectivity index (χ3n) is 0. The van der Waals surface area contributed by atoms with Gasteiger partial charge in [-0.05, 0) is 0 Å². The van der Waals surface area contributed by atoms with Crippen LogP contribution in [-0.2, 0) is 0 Å². The molecule has 4 heavy (non-hydrogen) atoms. The molecule has 0 saturated carbocycles. The minimum Gasteiger partial charge on any atom is -0.208 e. The van der Waals surface area contributed by atoms with Gasteiger partial charge in [0.2, 0.25) is 0 Å². The summed E-state index contributed by atoms with van der Waals surface area (Å²) in [5.41, 5.74) is 1.89. The molecule has 0 amide bonds. The second-order valence-corrected chi connectivity index (χ2v) is 0.671. The van der Waals surface area contributed by atoms with E-state index in [0.29, 0.717) is 10.2 Å². The standard InChI is InChI=1S/CH3NSi.Al.3H/c2-1-3;;;;/h3H3;;;;. The lowest BCUT2D eigenvalue weighted by Gasteiger charge is -1.14. The molecule has 0 N–H and O–H groups in total. The molecule has 0 saturated heterocycles. The molecule has 0 unspecified atom stereocenters. The van der Waals surface area contributed by atoms with E-state index in [2.05, 4.69) is 0 Å². The van der Waals surface area contributed by atoms with Crippen molar-refractivity contribution in [3.63, 3.8) is 0 Å². The van der Waals surface area contributed by atoms with E-state index < -0.39 is 0 Å². The third kappa shape index (κ3) is 60.0. The first-order valence-corrected chi connectivity index (χ1v) is 1.72. The van der Waals surface area contributed by atoms with Gasteiger partial charge in [-0.1, -0.05) is 0 Å². The molecular weight excluding hydrogens is 81.1 g/mol. The van der Waals surface area contributed by atoms with Crippen molar-refractivity contribution in [3.05, 3.63) is 0 Å².